The van der Waals surface area contributed by atoms with Gasteiger partial charge in [-0.3, -0.25) is 0 Å². The minimum atomic E-state index is 0.472. The summed E-state index contributed by atoms with van der Waals surface area (Å²) in [5.41, 5.74) is 4.51. The molecule has 150 valence electrons. The summed E-state index contributed by atoms with van der Waals surface area (Å²) in [6.45, 7) is 6.67. The molecular weight excluding hydrogens is 360 g/mol. The second-order valence-electron chi connectivity index (χ2n) is 7.79. The quantitative estimate of drug-likeness (QED) is 0.583. The van der Waals surface area contributed by atoms with Crippen LogP contribution in [-0.4, -0.2) is 28.3 Å². The van der Waals surface area contributed by atoms with E-state index in [1.807, 2.05) is 0 Å². The van der Waals surface area contributed by atoms with Gasteiger partial charge in [0, 0.05) is 30.2 Å². The molecule has 3 aromatic rings. The number of benzene rings is 2. The Morgan fingerprint density at radius 3 is 2.17 bits per heavy atom. The largest absolute Gasteiger partial charge is 0.372 e. The van der Waals surface area contributed by atoms with Crippen LogP contribution in [0.5, 0.6) is 0 Å². The molecule has 1 fully saturated rings. The average Bonchev–Trinajstić information content (AvgIpc) is 2.76. The standard InChI is InChI=1S/C23H28N6/c1-17(2)18-6-8-19(9-7-18)25-22-16-24-28-23(27-22)26-20-10-12-21(13-11-20)29-14-4-3-5-15-29/h6-13,16-17H,3-5,14-15H2,1-2H3,(H2,25,26,27,28). The smallest absolute Gasteiger partial charge is 0.249 e. The van der Waals surface area contributed by atoms with E-state index < -0.39 is 0 Å². The molecule has 29 heavy (non-hydrogen) atoms. The lowest BCUT2D eigenvalue weighted by molar-refractivity contribution is 0.578. The van der Waals surface area contributed by atoms with Crippen molar-refractivity contribution >= 4 is 28.8 Å². The van der Waals surface area contributed by atoms with Crippen molar-refractivity contribution in [1.29, 1.82) is 0 Å². The van der Waals surface area contributed by atoms with Gasteiger partial charge in [-0.25, -0.2) is 0 Å². The maximum absolute atomic E-state index is 4.53. The molecule has 1 aromatic heterocycles. The Bertz CT molecular complexity index is 915. The van der Waals surface area contributed by atoms with Gasteiger partial charge < -0.3 is 15.5 Å². The normalized spacial score (nSPS) is 14.1. The third-order valence-corrected chi connectivity index (χ3v) is 5.25. The molecule has 1 saturated heterocycles. The zero-order valence-electron chi connectivity index (χ0n) is 17.1. The number of aromatic nitrogens is 3. The van der Waals surface area contributed by atoms with Gasteiger partial charge in [0.25, 0.3) is 0 Å². The molecule has 4 rings (SSSR count). The van der Waals surface area contributed by atoms with Gasteiger partial charge in [-0.1, -0.05) is 26.0 Å². The highest BCUT2D eigenvalue weighted by molar-refractivity contribution is 5.61. The van der Waals surface area contributed by atoms with Crippen LogP contribution in [0.4, 0.5) is 28.8 Å². The summed E-state index contributed by atoms with van der Waals surface area (Å²) in [6.07, 6.45) is 5.52. The van der Waals surface area contributed by atoms with Crippen LogP contribution in [0.2, 0.25) is 0 Å². The number of hydrogen-bond acceptors (Lipinski definition) is 6. The second kappa shape index (κ2) is 8.90. The van der Waals surface area contributed by atoms with Crippen molar-refractivity contribution in [2.75, 3.05) is 28.6 Å². The van der Waals surface area contributed by atoms with Crippen molar-refractivity contribution in [3.63, 3.8) is 0 Å². The van der Waals surface area contributed by atoms with E-state index in [1.165, 1.54) is 30.5 Å². The molecule has 0 amide bonds. The first-order chi connectivity index (χ1) is 14.2. The molecule has 0 unspecified atom stereocenters. The van der Waals surface area contributed by atoms with Crippen molar-refractivity contribution in [1.82, 2.24) is 15.2 Å². The summed E-state index contributed by atoms with van der Waals surface area (Å²) < 4.78 is 0. The van der Waals surface area contributed by atoms with Crippen LogP contribution in [0, 0.1) is 0 Å². The monoisotopic (exact) mass is 388 g/mol. The van der Waals surface area contributed by atoms with Crippen LogP contribution in [0.25, 0.3) is 0 Å². The van der Waals surface area contributed by atoms with Gasteiger partial charge in [0.2, 0.25) is 5.95 Å². The summed E-state index contributed by atoms with van der Waals surface area (Å²) >= 11 is 0. The van der Waals surface area contributed by atoms with Crippen LogP contribution >= 0.6 is 0 Å². The van der Waals surface area contributed by atoms with Crippen molar-refractivity contribution in [3.8, 4) is 0 Å². The average molecular weight is 389 g/mol. The van der Waals surface area contributed by atoms with Crippen molar-refractivity contribution in [2.45, 2.75) is 39.0 Å². The first-order valence-electron chi connectivity index (χ1n) is 10.4. The van der Waals surface area contributed by atoms with E-state index in [0.717, 1.165) is 24.5 Å². The van der Waals surface area contributed by atoms with E-state index in [4.69, 9.17) is 0 Å². The number of hydrogen-bond donors (Lipinski definition) is 2. The number of anilines is 5. The Labute approximate surface area is 172 Å². The third-order valence-electron chi connectivity index (χ3n) is 5.25. The SMILES string of the molecule is CC(C)c1ccc(Nc2cnnc(Nc3ccc(N4CCCCC4)cc3)n2)cc1. The van der Waals surface area contributed by atoms with Crippen LogP contribution in [0.3, 0.4) is 0 Å². The van der Waals surface area contributed by atoms with Gasteiger partial charge in [0.05, 0.1) is 6.20 Å². The van der Waals surface area contributed by atoms with E-state index in [-0.39, 0.29) is 0 Å². The lowest BCUT2D eigenvalue weighted by atomic mass is 10.0. The van der Waals surface area contributed by atoms with Gasteiger partial charge in [-0.05, 0) is 67.1 Å². The number of piperidine rings is 1. The minimum Gasteiger partial charge on any atom is -0.372 e. The molecule has 0 bridgehead atoms. The predicted molar refractivity (Wildman–Crippen MR) is 119 cm³/mol. The predicted octanol–water partition coefficient (Wildman–Crippen LogP) is 5.47. The van der Waals surface area contributed by atoms with E-state index in [0.29, 0.717) is 17.7 Å². The fourth-order valence-corrected chi connectivity index (χ4v) is 3.55. The molecule has 1 aliphatic rings. The fourth-order valence-electron chi connectivity index (χ4n) is 3.55. The van der Waals surface area contributed by atoms with E-state index in [2.05, 4.69) is 93.1 Å². The lowest BCUT2D eigenvalue weighted by Gasteiger charge is -2.28. The first-order valence-corrected chi connectivity index (χ1v) is 10.4. The van der Waals surface area contributed by atoms with Gasteiger partial charge in [0.1, 0.15) is 0 Å². The second-order valence-corrected chi connectivity index (χ2v) is 7.79. The van der Waals surface area contributed by atoms with Gasteiger partial charge in [-0.15, -0.1) is 5.10 Å². The number of rotatable bonds is 6. The molecule has 6 nitrogen and oxygen atoms in total. The van der Waals surface area contributed by atoms with E-state index >= 15 is 0 Å². The maximum atomic E-state index is 4.53. The van der Waals surface area contributed by atoms with Crippen molar-refractivity contribution in [3.05, 3.63) is 60.3 Å². The molecule has 0 atom stereocenters. The van der Waals surface area contributed by atoms with Crippen LogP contribution in [-0.2, 0) is 0 Å². The fraction of sp³-hybridized carbons (Fsp3) is 0.348. The molecule has 6 heteroatoms. The Hall–Kier alpha value is -3.15. The van der Waals surface area contributed by atoms with Crippen molar-refractivity contribution in [2.24, 2.45) is 0 Å². The van der Waals surface area contributed by atoms with Gasteiger partial charge in [0.15, 0.2) is 5.82 Å². The summed E-state index contributed by atoms with van der Waals surface area (Å²) in [5, 5.41) is 14.7. The third kappa shape index (κ3) is 5.02. The van der Waals surface area contributed by atoms with Gasteiger partial charge in [-0.2, -0.15) is 10.1 Å². The maximum Gasteiger partial charge on any atom is 0.249 e. The zero-order chi connectivity index (χ0) is 20.1. The molecule has 0 spiro atoms. The summed E-state index contributed by atoms with van der Waals surface area (Å²) in [5.74, 6) is 1.64. The molecule has 2 aromatic carbocycles. The Morgan fingerprint density at radius 1 is 0.828 bits per heavy atom. The molecule has 2 heterocycles. The van der Waals surface area contributed by atoms with E-state index in [9.17, 15) is 0 Å². The van der Waals surface area contributed by atoms with Crippen molar-refractivity contribution < 1.29 is 0 Å². The highest BCUT2D eigenvalue weighted by atomic mass is 15.3. The lowest BCUT2D eigenvalue weighted by Crippen LogP contribution is -2.29. The van der Waals surface area contributed by atoms with Crippen LogP contribution in [0.15, 0.2) is 54.7 Å². The van der Waals surface area contributed by atoms with Gasteiger partial charge >= 0.3 is 0 Å². The molecule has 0 radical (unpaired) electrons. The molecular formula is C23H28N6. The highest BCUT2D eigenvalue weighted by Gasteiger charge is 2.11. The summed E-state index contributed by atoms with van der Waals surface area (Å²) in [4.78, 5) is 6.97. The van der Waals surface area contributed by atoms with Crippen LogP contribution < -0.4 is 15.5 Å². The zero-order valence-corrected chi connectivity index (χ0v) is 17.1. The minimum absolute atomic E-state index is 0.472. The van der Waals surface area contributed by atoms with Crippen LogP contribution in [0.1, 0.15) is 44.6 Å². The summed E-state index contributed by atoms with van der Waals surface area (Å²) in [7, 11) is 0. The van der Waals surface area contributed by atoms with E-state index in [1.54, 1.807) is 6.20 Å². The first kappa shape index (κ1) is 19.2. The molecule has 0 saturated carbocycles. The Kier molecular flexibility index (Phi) is 5.89. The topological polar surface area (TPSA) is 66.0 Å². The highest BCUT2D eigenvalue weighted by Crippen LogP contribution is 2.24. The summed E-state index contributed by atoms with van der Waals surface area (Å²) in [6, 6.07) is 16.8. The Balaban J connectivity index is 1.40. The molecule has 0 aliphatic carbocycles. The molecule has 1 aliphatic heterocycles. The number of nitrogens with one attached hydrogen (secondary N) is 2. The molecule has 2 N–H and O–H groups in total. The Morgan fingerprint density at radius 2 is 1.48 bits per heavy atom. The number of nitrogens with zero attached hydrogens (tertiary/aromatic N) is 4.